The van der Waals surface area contributed by atoms with Crippen LogP contribution in [0.1, 0.15) is 12.0 Å². The van der Waals surface area contributed by atoms with Gasteiger partial charge in [0.25, 0.3) is 0 Å². The first-order valence-electron chi connectivity index (χ1n) is 5.76. The Morgan fingerprint density at radius 2 is 2.00 bits per heavy atom. The van der Waals surface area contributed by atoms with E-state index in [1.54, 1.807) is 38.4 Å². The minimum atomic E-state index is -0.125. The molecule has 0 bridgehead atoms. The summed E-state index contributed by atoms with van der Waals surface area (Å²) in [5.74, 6) is -0.108. The second-order valence-electron chi connectivity index (χ2n) is 4.04. The van der Waals surface area contributed by atoms with Gasteiger partial charge in [-0.1, -0.05) is 18.2 Å². The minimum absolute atomic E-state index is 0.0998. The highest BCUT2D eigenvalue weighted by Crippen LogP contribution is 2.16. The molecule has 0 saturated carbocycles. The Hall–Kier alpha value is -2.04. The average Bonchev–Trinajstić information content (AvgIpc) is 2.38. The zero-order chi connectivity index (χ0) is 13.5. The quantitative estimate of drug-likeness (QED) is 0.801. The molecule has 0 aliphatic carbocycles. The van der Waals surface area contributed by atoms with Crippen LogP contribution in [0.5, 0.6) is 5.75 Å². The van der Waals surface area contributed by atoms with Gasteiger partial charge in [0.2, 0.25) is 11.8 Å². The fraction of sp³-hybridized carbons (Fsp3) is 0.385. The van der Waals surface area contributed by atoms with Crippen molar-refractivity contribution in [3.63, 3.8) is 0 Å². The van der Waals surface area contributed by atoms with Crippen LogP contribution < -0.4 is 5.32 Å². The fourth-order valence-corrected chi connectivity index (χ4v) is 1.48. The molecule has 98 valence electrons. The number of phenolic OH excluding ortho intramolecular Hbond substituents is 1. The number of phenols is 1. The summed E-state index contributed by atoms with van der Waals surface area (Å²) in [5, 5.41) is 12.1. The molecule has 18 heavy (non-hydrogen) atoms. The number of carbonyl (C=O) groups excluding carboxylic acids is 2. The Labute approximate surface area is 106 Å². The van der Waals surface area contributed by atoms with Gasteiger partial charge in [-0.05, 0) is 6.07 Å². The van der Waals surface area contributed by atoms with E-state index in [1.807, 2.05) is 0 Å². The first-order chi connectivity index (χ1) is 8.54. The molecule has 0 aromatic heterocycles. The smallest absolute Gasteiger partial charge is 0.226 e. The van der Waals surface area contributed by atoms with Crippen LogP contribution in [0.3, 0.4) is 0 Å². The van der Waals surface area contributed by atoms with E-state index in [9.17, 15) is 14.7 Å². The average molecular weight is 250 g/mol. The lowest BCUT2D eigenvalue weighted by atomic mass is 10.1. The van der Waals surface area contributed by atoms with E-state index in [-0.39, 0.29) is 30.4 Å². The second kappa shape index (κ2) is 6.64. The van der Waals surface area contributed by atoms with Gasteiger partial charge < -0.3 is 15.3 Å². The van der Waals surface area contributed by atoms with Gasteiger partial charge in [-0.2, -0.15) is 0 Å². The van der Waals surface area contributed by atoms with Crippen molar-refractivity contribution in [2.45, 2.75) is 12.8 Å². The summed E-state index contributed by atoms with van der Waals surface area (Å²) < 4.78 is 0. The predicted molar refractivity (Wildman–Crippen MR) is 68.1 cm³/mol. The molecule has 0 heterocycles. The third kappa shape index (κ3) is 4.08. The first-order valence-corrected chi connectivity index (χ1v) is 5.76. The number of amides is 2. The van der Waals surface area contributed by atoms with Crippen molar-refractivity contribution >= 4 is 11.8 Å². The van der Waals surface area contributed by atoms with Crippen molar-refractivity contribution in [1.82, 2.24) is 10.2 Å². The number of benzene rings is 1. The summed E-state index contributed by atoms with van der Waals surface area (Å²) in [6.07, 6.45) is 0.413. The standard InChI is InChI=1S/C13H18N2O3/c1-14-12(17)7-8-15(2)13(18)9-10-5-3-4-6-11(10)16/h3-6,16H,7-9H2,1-2H3,(H,14,17). The molecule has 0 aliphatic heterocycles. The highest BCUT2D eigenvalue weighted by molar-refractivity contribution is 5.80. The van der Waals surface area contributed by atoms with Crippen molar-refractivity contribution in [2.24, 2.45) is 0 Å². The van der Waals surface area contributed by atoms with Gasteiger partial charge in [-0.25, -0.2) is 0 Å². The maximum atomic E-state index is 11.8. The molecule has 1 rings (SSSR count). The van der Waals surface area contributed by atoms with Crippen LogP contribution >= 0.6 is 0 Å². The lowest BCUT2D eigenvalue weighted by Crippen LogP contribution is -2.32. The topological polar surface area (TPSA) is 69.6 Å². The molecule has 2 N–H and O–H groups in total. The largest absolute Gasteiger partial charge is 0.508 e. The zero-order valence-electron chi connectivity index (χ0n) is 10.6. The van der Waals surface area contributed by atoms with E-state index in [0.717, 1.165) is 0 Å². The monoisotopic (exact) mass is 250 g/mol. The summed E-state index contributed by atoms with van der Waals surface area (Å²) in [7, 11) is 3.21. The van der Waals surface area contributed by atoms with Crippen LogP contribution in [0, 0.1) is 0 Å². The first kappa shape index (κ1) is 14.0. The summed E-state index contributed by atoms with van der Waals surface area (Å²) >= 11 is 0. The number of para-hydroxylation sites is 1. The Morgan fingerprint density at radius 3 is 2.61 bits per heavy atom. The van der Waals surface area contributed by atoms with Gasteiger partial charge in [0.1, 0.15) is 5.75 Å². The third-order valence-electron chi connectivity index (χ3n) is 2.71. The molecule has 1 aromatic rings. The Balaban J connectivity index is 2.50. The summed E-state index contributed by atoms with van der Waals surface area (Å²) in [6, 6.07) is 6.73. The van der Waals surface area contributed by atoms with Crippen molar-refractivity contribution in [3.8, 4) is 5.75 Å². The van der Waals surface area contributed by atoms with E-state index in [2.05, 4.69) is 5.32 Å². The van der Waals surface area contributed by atoms with E-state index in [0.29, 0.717) is 12.1 Å². The fourth-order valence-electron chi connectivity index (χ4n) is 1.48. The lowest BCUT2D eigenvalue weighted by molar-refractivity contribution is -0.129. The van der Waals surface area contributed by atoms with Crippen LogP contribution in [-0.2, 0) is 16.0 Å². The van der Waals surface area contributed by atoms with Crippen LogP contribution in [0.2, 0.25) is 0 Å². The zero-order valence-corrected chi connectivity index (χ0v) is 10.6. The van der Waals surface area contributed by atoms with Crippen LogP contribution in [0.25, 0.3) is 0 Å². The molecule has 0 saturated heterocycles. The molecule has 5 heteroatoms. The maximum Gasteiger partial charge on any atom is 0.226 e. The lowest BCUT2D eigenvalue weighted by Gasteiger charge is -2.17. The third-order valence-corrected chi connectivity index (χ3v) is 2.71. The van der Waals surface area contributed by atoms with Gasteiger partial charge in [-0.15, -0.1) is 0 Å². The van der Waals surface area contributed by atoms with Crippen molar-refractivity contribution in [1.29, 1.82) is 0 Å². The SMILES string of the molecule is CNC(=O)CCN(C)C(=O)Cc1ccccc1O. The molecule has 0 aliphatic rings. The number of aromatic hydroxyl groups is 1. The molecule has 5 nitrogen and oxygen atoms in total. The Bertz CT molecular complexity index is 432. The van der Waals surface area contributed by atoms with Gasteiger partial charge >= 0.3 is 0 Å². The number of nitrogens with zero attached hydrogens (tertiary/aromatic N) is 1. The molecule has 2 amide bonds. The van der Waals surface area contributed by atoms with E-state index in [1.165, 1.54) is 4.90 Å². The van der Waals surface area contributed by atoms with Gasteiger partial charge in [0, 0.05) is 32.6 Å². The van der Waals surface area contributed by atoms with Crippen LogP contribution in [0.15, 0.2) is 24.3 Å². The highest BCUT2D eigenvalue weighted by Gasteiger charge is 2.12. The molecule has 0 fully saturated rings. The molecule has 0 atom stereocenters. The normalized spacial score (nSPS) is 9.89. The molecule has 1 aromatic carbocycles. The molecule has 0 spiro atoms. The maximum absolute atomic E-state index is 11.8. The minimum Gasteiger partial charge on any atom is -0.508 e. The van der Waals surface area contributed by atoms with Crippen molar-refractivity contribution in [2.75, 3.05) is 20.6 Å². The molecular formula is C13H18N2O3. The number of hydrogen-bond donors (Lipinski definition) is 2. The van der Waals surface area contributed by atoms with Crippen LogP contribution in [-0.4, -0.2) is 42.5 Å². The van der Waals surface area contributed by atoms with Gasteiger partial charge in [-0.3, -0.25) is 9.59 Å². The molecule has 0 unspecified atom stereocenters. The second-order valence-corrected chi connectivity index (χ2v) is 4.04. The van der Waals surface area contributed by atoms with Gasteiger partial charge in [0.15, 0.2) is 0 Å². The van der Waals surface area contributed by atoms with E-state index < -0.39 is 0 Å². The number of nitrogens with one attached hydrogen (secondary N) is 1. The van der Waals surface area contributed by atoms with Crippen molar-refractivity contribution < 1.29 is 14.7 Å². The number of likely N-dealkylation sites (N-methyl/N-ethyl adjacent to an activating group) is 1. The Morgan fingerprint density at radius 1 is 1.33 bits per heavy atom. The van der Waals surface area contributed by atoms with Gasteiger partial charge in [0.05, 0.1) is 6.42 Å². The highest BCUT2D eigenvalue weighted by atomic mass is 16.3. The van der Waals surface area contributed by atoms with Crippen LogP contribution in [0.4, 0.5) is 0 Å². The summed E-state index contributed by atoms with van der Waals surface area (Å²) in [4.78, 5) is 24.4. The number of rotatable bonds is 5. The van der Waals surface area contributed by atoms with E-state index >= 15 is 0 Å². The molecular weight excluding hydrogens is 232 g/mol. The number of carbonyl (C=O) groups is 2. The Kier molecular flexibility index (Phi) is 5.17. The van der Waals surface area contributed by atoms with E-state index in [4.69, 9.17) is 0 Å². The summed E-state index contributed by atoms with van der Waals surface area (Å²) in [5.41, 5.74) is 0.592. The summed E-state index contributed by atoms with van der Waals surface area (Å²) in [6.45, 7) is 0.367. The number of hydrogen-bond acceptors (Lipinski definition) is 3. The predicted octanol–water partition coefficient (Wildman–Crippen LogP) is 0.529. The van der Waals surface area contributed by atoms with Crippen molar-refractivity contribution in [3.05, 3.63) is 29.8 Å². The molecule has 0 radical (unpaired) electrons.